The maximum Gasteiger partial charge on any atom is 0.251 e. The zero-order valence-corrected chi connectivity index (χ0v) is 18.9. The summed E-state index contributed by atoms with van der Waals surface area (Å²) in [5.41, 5.74) is 6.10. The molecule has 0 unspecified atom stereocenters. The molecule has 5 nitrogen and oxygen atoms in total. The lowest BCUT2D eigenvalue weighted by molar-refractivity contribution is 0.0949. The van der Waals surface area contributed by atoms with Gasteiger partial charge in [-0.25, -0.2) is 9.50 Å². The second kappa shape index (κ2) is 8.16. The molecule has 0 aliphatic heterocycles. The van der Waals surface area contributed by atoms with Crippen LogP contribution in [0, 0.1) is 6.92 Å². The molecular weight excluding hydrogens is 408 g/mol. The lowest BCUT2D eigenvalue weighted by Crippen LogP contribution is -2.24. The summed E-state index contributed by atoms with van der Waals surface area (Å²) in [6.45, 7) is 8.76. The highest BCUT2D eigenvalue weighted by molar-refractivity contribution is 6.29. The molecule has 0 atom stereocenters. The van der Waals surface area contributed by atoms with Gasteiger partial charge >= 0.3 is 0 Å². The molecular formula is C25H25ClN4O. The molecule has 0 saturated heterocycles. The van der Waals surface area contributed by atoms with Crippen LogP contribution in [-0.4, -0.2) is 20.5 Å². The van der Waals surface area contributed by atoms with Gasteiger partial charge in [-0.2, -0.15) is 5.10 Å². The van der Waals surface area contributed by atoms with Crippen molar-refractivity contribution < 1.29 is 4.79 Å². The predicted molar refractivity (Wildman–Crippen MR) is 124 cm³/mol. The highest BCUT2D eigenvalue weighted by Crippen LogP contribution is 2.28. The van der Waals surface area contributed by atoms with Crippen LogP contribution in [0.2, 0.25) is 5.15 Å². The van der Waals surface area contributed by atoms with Gasteiger partial charge in [-0.15, -0.1) is 0 Å². The molecule has 31 heavy (non-hydrogen) atoms. The van der Waals surface area contributed by atoms with E-state index in [2.05, 4.69) is 55.5 Å². The van der Waals surface area contributed by atoms with Crippen molar-refractivity contribution in [2.75, 3.05) is 0 Å². The molecule has 0 bridgehead atoms. The SMILES string of the molecule is Cc1ccccc1C(=O)NCc1c(-c2ccc(C(C)(C)C)cc2)nc2ccc(Cl)nn12. The Balaban J connectivity index is 1.72. The second-order valence-corrected chi connectivity index (χ2v) is 9.05. The number of benzene rings is 2. The first kappa shape index (κ1) is 21.1. The number of hydrogen-bond acceptors (Lipinski definition) is 3. The first-order chi connectivity index (χ1) is 14.7. The highest BCUT2D eigenvalue weighted by atomic mass is 35.5. The van der Waals surface area contributed by atoms with Crippen molar-refractivity contribution in [3.8, 4) is 11.3 Å². The van der Waals surface area contributed by atoms with E-state index in [0.29, 0.717) is 16.4 Å². The van der Waals surface area contributed by atoms with Crippen LogP contribution in [0.3, 0.4) is 0 Å². The van der Waals surface area contributed by atoms with Gasteiger partial charge in [0, 0.05) is 11.1 Å². The van der Waals surface area contributed by atoms with Gasteiger partial charge in [0.15, 0.2) is 5.65 Å². The number of fused-ring (bicyclic) bond motifs is 1. The Hall–Kier alpha value is -3.18. The van der Waals surface area contributed by atoms with E-state index in [1.807, 2.05) is 37.3 Å². The fourth-order valence-electron chi connectivity index (χ4n) is 3.56. The van der Waals surface area contributed by atoms with Gasteiger partial charge in [0.2, 0.25) is 0 Å². The summed E-state index contributed by atoms with van der Waals surface area (Å²) in [6.07, 6.45) is 0. The first-order valence-electron chi connectivity index (χ1n) is 10.2. The quantitative estimate of drug-likeness (QED) is 0.457. The molecule has 2 aromatic carbocycles. The van der Waals surface area contributed by atoms with Gasteiger partial charge in [0.25, 0.3) is 5.91 Å². The number of nitrogens with one attached hydrogen (secondary N) is 1. The Morgan fingerprint density at radius 3 is 2.42 bits per heavy atom. The molecule has 6 heteroatoms. The standard InChI is InChI=1S/C25H25ClN4O/c1-16-7-5-6-8-19(16)24(31)27-15-20-23(28-22-14-13-21(26)29-30(20)22)17-9-11-18(12-10-17)25(2,3)4/h5-14H,15H2,1-4H3,(H,27,31). The third-order valence-corrected chi connectivity index (χ3v) is 5.57. The molecule has 158 valence electrons. The Morgan fingerprint density at radius 1 is 1.03 bits per heavy atom. The number of aryl methyl sites for hydroxylation is 1. The lowest BCUT2D eigenvalue weighted by atomic mass is 9.86. The number of imidazole rings is 1. The maximum atomic E-state index is 12.8. The number of halogens is 1. The molecule has 4 rings (SSSR count). The summed E-state index contributed by atoms with van der Waals surface area (Å²) >= 11 is 6.15. The van der Waals surface area contributed by atoms with Crippen LogP contribution in [-0.2, 0) is 12.0 Å². The zero-order chi connectivity index (χ0) is 22.2. The number of nitrogens with zero attached hydrogens (tertiary/aromatic N) is 3. The van der Waals surface area contributed by atoms with Crippen LogP contribution in [0.5, 0.6) is 0 Å². The summed E-state index contributed by atoms with van der Waals surface area (Å²) in [5, 5.41) is 7.80. The molecule has 1 amide bonds. The fourth-order valence-corrected chi connectivity index (χ4v) is 3.70. The summed E-state index contributed by atoms with van der Waals surface area (Å²) in [6, 6.07) is 19.4. The smallest absolute Gasteiger partial charge is 0.251 e. The van der Waals surface area contributed by atoms with E-state index >= 15 is 0 Å². The number of carbonyl (C=O) groups is 1. The largest absolute Gasteiger partial charge is 0.346 e. The lowest BCUT2D eigenvalue weighted by Gasteiger charge is -2.19. The Kier molecular flexibility index (Phi) is 5.54. The van der Waals surface area contributed by atoms with E-state index in [9.17, 15) is 4.79 Å². The molecule has 4 aromatic rings. The molecule has 0 aliphatic rings. The Morgan fingerprint density at radius 2 is 1.74 bits per heavy atom. The van der Waals surface area contributed by atoms with Gasteiger partial charge < -0.3 is 5.32 Å². The van der Waals surface area contributed by atoms with Crippen molar-refractivity contribution in [3.63, 3.8) is 0 Å². The van der Waals surface area contributed by atoms with Gasteiger partial charge in [-0.1, -0.05) is 74.8 Å². The van der Waals surface area contributed by atoms with Gasteiger partial charge in [-0.3, -0.25) is 4.79 Å². The number of aromatic nitrogens is 3. The third kappa shape index (κ3) is 4.32. The predicted octanol–water partition coefficient (Wildman–Crippen LogP) is 5.59. The van der Waals surface area contributed by atoms with Gasteiger partial charge in [0.05, 0.1) is 17.9 Å². The summed E-state index contributed by atoms with van der Waals surface area (Å²) in [7, 11) is 0. The molecule has 2 heterocycles. The van der Waals surface area contributed by atoms with Crippen LogP contribution in [0.4, 0.5) is 0 Å². The monoisotopic (exact) mass is 432 g/mol. The van der Waals surface area contributed by atoms with E-state index < -0.39 is 0 Å². The molecule has 0 fully saturated rings. The number of rotatable bonds is 4. The topological polar surface area (TPSA) is 59.3 Å². The number of hydrogen-bond donors (Lipinski definition) is 1. The minimum absolute atomic E-state index is 0.0663. The Bertz CT molecular complexity index is 1250. The molecule has 0 radical (unpaired) electrons. The first-order valence-corrected chi connectivity index (χ1v) is 10.6. The van der Waals surface area contributed by atoms with Crippen LogP contribution in [0.25, 0.3) is 16.9 Å². The van der Waals surface area contributed by atoms with Crippen molar-refractivity contribution in [3.05, 3.63) is 88.2 Å². The van der Waals surface area contributed by atoms with Crippen molar-refractivity contribution in [1.29, 1.82) is 0 Å². The highest BCUT2D eigenvalue weighted by Gasteiger charge is 2.19. The molecule has 1 N–H and O–H groups in total. The van der Waals surface area contributed by atoms with Gasteiger partial charge in [-0.05, 0) is 41.7 Å². The number of amides is 1. The van der Waals surface area contributed by atoms with E-state index in [0.717, 1.165) is 22.5 Å². The van der Waals surface area contributed by atoms with E-state index in [1.165, 1.54) is 5.56 Å². The molecule has 0 saturated carbocycles. The average molecular weight is 433 g/mol. The third-order valence-electron chi connectivity index (χ3n) is 5.37. The summed E-state index contributed by atoms with van der Waals surface area (Å²) in [5.74, 6) is -0.135. The number of carbonyl (C=O) groups excluding carboxylic acids is 1. The fraction of sp³-hybridized carbons (Fsp3) is 0.240. The van der Waals surface area contributed by atoms with E-state index in [-0.39, 0.29) is 17.9 Å². The molecule has 0 aliphatic carbocycles. The van der Waals surface area contributed by atoms with Gasteiger partial charge in [0.1, 0.15) is 5.15 Å². The van der Waals surface area contributed by atoms with Crippen molar-refractivity contribution >= 4 is 23.2 Å². The minimum Gasteiger partial charge on any atom is -0.346 e. The van der Waals surface area contributed by atoms with Crippen LogP contribution in [0.1, 0.15) is 48.0 Å². The summed E-state index contributed by atoms with van der Waals surface area (Å²) < 4.78 is 1.70. The molecule has 2 aromatic heterocycles. The second-order valence-electron chi connectivity index (χ2n) is 8.66. The van der Waals surface area contributed by atoms with E-state index in [4.69, 9.17) is 16.6 Å². The zero-order valence-electron chi connectivity index (χ0n) is 18.1. The van der Waals surface area contributed by atoms with Crippen molar-refractivity contribution in [1.82, 2.24) is 19.9 Å². The van der Waals surface area contributed by atoms with Crippen LogP contribution in [0.15, 0.2) is 60.7 Å². The average Bonchev–Trinajstić information content (AvgIpc) is 3.09. The van der Waals surface area contributed by atoms with Crippen LogP contribution < -0.4 is 5.32 Å². The summed E-state index contributed by atoms with van der Waals surface area (Å²) in [4.78, 5) is 17.6. The van der Waals surface area contributed by atoms with Crippen molar-refractivity contribution in [2.45, 2.75) is 39.7 Å². The van der Waals surface area contributed by atoms with Crippen LogP contribution >= 0.6 is 11.6 Å². The minimum atomic E-state index is -0.135. The molecule has 0 spiro atoms. The maximum absolute atomic E-state index is 12.8. The normalized spacial score (nSPS) is 11.6. The Labute approximate surface area is 187 Å². The van der Waals surface area contributed by atoms with E-state index in [1.54, 1.807) is 10.6 Å². The van der Waals surface area contributed by atoms with Crippen molar-refractivity contribution in [2.24, 2.45) is 0 Å².